The third-order valence-electron chi connectivity index (χ3n) is 3.80. The number of hydrogen-bond acceptors (Lipinski definition) is 3. The highest BCUT2D eigenvalue weighted by molar-refractivity contribution is 5.39. The molecule has 1 saturated carbocycles. The average molecular weight is 235 g/mol. The molecule has 1 aliphatic heterocycles. The smallest absolute Gasteiger partial charge is 0.0607 e. The van der Waals surface area contributed by atoms with Crippen LogP contribution in [0.5, 0.6) is 0 Å². The molecule has 3 heteroatoms. The third kappa shape index (κ3) is 2.49. The maximum absolute atomic E-state index is 5.71. The van der Waals surface area contributed by atoms with E-state index in [1.165, 1.54) is 36.2 Å². The summed E-state index contributed by atoms with van der Waals surface area (Å²) in [4.78, 5) is 2.51. The molecule has 0 aromatic rings. The lowest BCUT2D eigenvalue weighted by molar-refractivity contribution is 0.260. The molecule has 0 aromatic carbocycles. The lowest BCUT2D eigenvalue weighted by atomic mass is 9.97. The van der Waals surface area contributed by atoms with E-state index in [0.29, 0.717) is 6.04 Å². The number of rotatable bonds is 4. The van der Waals surface area contributed by atoms with E-state index in [2.05, 4.69) is 37.2 Å². The number of hydrazine groups is 1. The molecule has 1 fully saturated rings. The van der Waals surface area contributed by atoms with Gasteiger partial charge in [-0.3, -0.25) is 5.84 Å². The van der Waals surface area contributed by atoms with E-state index in [0.717, 1.165) is 18.9 Å². The summed E-state index contributed by atoms with van der Waals surface area (Å²) in [6, 6.07) is 0.544. The van der Waals surface area contributed by atoms with E-state index < -0.39 is 0 Å². The van der Waals surface area contributed by atoms with Gasteiger partial charge in [-0.25, -0.2) is 0 Å². The van der Waals surface area contributed by atoms with Crippen molar-refractivity contribution in [2.45, 2.75) is 52.5 Å². The summed E-state index contributed by atoms with van der Waals surface area (Å²) in [6.45, 7) is 7.84. The minimum absolute atomic E-state index is 0.544. The summed E-state index contributed by atoms with van der Waals surface area (Å²) in [5, 5.41) is 0. The Morgan fingerprint density at radius 1 is 1.47 bits per heavy atom. The van der Waals surface area contributed by atoms with Crippen molar-refractivity contribution in [3.05, 3.63) is 23.0 Å². The zero-order valence-electron chi connectivity index (χ0n) is 11.3. The minimum atomic E-state index is 0.544. The molecule has 1 aliphatic carbocycles. The largest absolute Gasteiger partial charge is 0.367 e. The van der Waals surface area contributed by atoms with Crippen molar-refractivity contribution in [1.29, 1.82) is 0 Å². The zero-order chi connectivity index (χ0) is 12.4. The average Bonchev–Trinajstić information content (AvgIpc) is 3.14. The molecule has 0 bridgehead atoms. The van der Waals surface area contributed by atoms with Gasteiger partial charge in [0.1, 0.15) is 0 Å². The van der Waals surface area contributed by atoms with Crippen molar-refractivity contribution in [3.8, 4) is 0 Å². The number of allylic oxidation sites excluding steroid dienone is 3. The van der Waals surface area contributed by atoms with Gasteiger partial charge in [0.15, 0.2) is 0 Å². The van der Waals surface area contributed by atoms with Crippen LogP contribution in [0.25, 0.3) is 0 Å². The Kier molecular flexibility index (Phi) is 3.77. The molecule has 3 nitrogen and oxygen atoms in total. The first-order chi connectivity index (χ1) is 8.19. The van der Waals surface area contributed by atoms with Gasteiger partial charge in [-0.15, -0.1) is 0 Å². The monoisotopic (exact) mass is 235 g/mol. The van der Waals surface area contributed by atoms with Gasteiger partial charge in [-0.2, -0.15) is 0 Å². The van der Waals surface area contributed by atoms with Gasteiger partial charge in [0, 0.05) is 18.3 Å². The minimum Gasteiger partial charge on any atom is -0.367 e. The molecular weight excluding hydrogens is 210 g/mol. The van der Waals surface area contributed by atoms with Gasteiger partial charge in [0.05, 0.1) is 5.70 Å². The quantitative estimate of drug-likeness (QED) is 0.581. The molecule has 0 amide bonds. The highest BCUT2D eigenvalue weighted by atomic mass is 15.3. The first-order valence-electron chi connectivity index (χ1n) is 6.82. The van der Waals surface area contributed by atoms with Gasteiger partial charge >= 0.3 is 0 Å². The van der Waals surface area contributed by atoms with E-state index in [1.807, 2.05) is 0 Å². The van der Waals surface area contributed by atoms with Crippen molar-refractivity contribution < 1.29 is 0 Å². The van der Waals surface area contributed by atoms with Crippen LogP contribution in [0.4, 0.5) is 0 Å². The Morgan fingerprint density at radius 3 is 2.65 bits per heavy atom. The maximum atomic E-state index is 5.71. The molecule has 0 saturated heterocycles. The predicted molar refractivity (Wildman–Crippen MR) is 71.9 cm³/mol. The van der Waals surface area contributed by atoms with Crippen molar-refractivity contribution in [2.75, 3.05) is 6.54 Å². The summed E-state index contributed by atoms with van der Waals surface area (Å²) in [5.41, 5.74) is 7.05. The SMILES string of the molecule is C/C=C(\C1=C(NN)CCCN1C(C)C)C1CC1. The molecule has 0 radical (unpaired) electrons. The van der Waals surface area contributed by atoms with E-state index in [1.54, 1.807) is 0 Å². The highest BCUT2D eigenvalue weighted by Crippen LogP contribution is 2.43. The van der Waals surface area contributed by atoms with Crippen molar-refractivity contribution in [2.24, 2.45) is 11.8 Å². The van der Waals surface area contributed by atoms with E-state index in [4.69, 9.17) is 5.84 Å². The van der Waals surface area contributed by atoms with Gasteiger partial charge in [0.2, 0.25) is 0 Å². The Balaban J connectivity index is 2.36. The lowest BCUT2D eigenvalue weighted by Gasteiger charge is -2.38. The summed E-state index contributed by atoms with van der Waals surface area (Å²) >= 11 is 0. The molecule has 2 rings (SSSR count). The topological polar surface area (TPSA) is 41.3 Å². The van der Waals surface area contributed by atoms with Crippen LogP contribution in [0.15, 0.2) is 23.0 Å². The Bertz CT molecular complexity index is 337. The Hall–Kier alpha value is -0.960. The number of nitrogens with one attached hydrogen (secondary N) is 1. The molecule has 0 atom stereocenters. The molecule has 3 N–H and O–H groups in total. The van der Waals surface area contributed by atoms with Gasteiger partial charge in [-0.05, 0) is 57.9 Å². The second-order valence-electron chi connectivity index (χ2n) is 5.38. The van der Waals surface area contributed by atoms with E-state index >= 15 is 0 Å². The fourth-order valence-corrected chi connectivity index (χ4v) is 2.79. The Morgan fingerprint density at radius 2 is 2.18 bits per heavy atom. The Labute approximate surface area is 105 Å². The number of nitrogens with zero attached hydrogens (tertiary/aromatic N) is 1. The molecule has 2 aliphatic rings. The normalized spacial score (nSPS) is 22.4. The molecule has 1 heterocycles. The summed E-state index contributed by atoms with van der Waals surface area (Å²) in [7, 11) is 0. The molecule has 17 heavy (non-hydrogen) atoms. The van der Waals surface area contributed by atoms with Crippen LogP contribution < -0.4 is 11.3 Å². The van der Waals surface area contributed by atoms with Gasteiger partial charge in [-0.1, -0.05) is 6.08 Å². The van der Waals surface area contributed by atoms with Crippen LogP contribution >= 0.6 is 0 Å². The van der Waals surface area contributed by atoms with Crippen LogP contribution in [0.1, 0.15) is 46.5 Å². The summed E-state index contributed by atoms with van der Waals surface area (Å²) < 4.78 is 0. The first-order valence-corrected chi connectivity index (χ1v) is 6.82. The van der Waals surface area contributed by atoms with Crippen LogP contribution in [-0.2, 0) is 0 Å². The van der Waals surface area contributed by atoms with Crippen LogP contribution in [0.3, 0.4) is 0 Å². The second kappa shape index (κ2) is 5.13. The van der Waals surface area contributed by atoms with Crippen molar-refractivity contribution >= 4 is 0 Å². The van der Waals surface area contributed by atoms with Crippen LogP contribution in [0, 0.1) is 5.92 Å². The van der Waals surface area contributed by atoms with Crippen molar-refractivity contribution in [1.82, 2.24) is 10.3 Å². The van der Waals surface area contributed by atoms with Gasteiger partial charge < -0.3 is 10.3 Å². The molecule has 96 valence electrons. The first kappa shape index (κ1) is 12.5. The van der Waals surface area contributed by atoms with Crippen LogP contribution in [0.2, 0.25) is 0 Å². The fraction of sp³-hybridized carbons (Fsp3) is 0.714. The molecule has 0 spiro atoms. The standard InChI is InChI=1S/C14H25N3/c1-4-12(11-7-8-11)14-13(16-15)6-5-9-17(14)10(2)3/h4,10-11,16H,5-9,15H2,1-3H3/b12-4-. The summed E-state index contributed by atoms with van der Waals surface area (Å²) in [6.07, 6.45) is 7.24. The number of nitrogens with two attached hydrogens (primary N) is 1. The predicted octanol–water partition coefficient (Wildman–Crippen LogP) is 2.52. The molecule has 0 unspecified atom stereocenters. The number of hydrogen-bond donors (Lipinski definition) is 2. The summed E-state index contributed by atoms with van der Waals surface area (Å²) in [5.74, 6) is 6.48. The molecular formula is C14H25N3. The highest BCUT2D eigenvalue weighted by Gasteiger charge is 2.33. The van der Waals surface area contributed by atoms with Crippen molar-refractivity contribution in [3.63, 3.8) is 0 Å². The van der Waals surface area contributed by atoms with E-state index in [9.17, 15) is 0 Å². The molecule has 0 aromatic heterocycles. The lowest BCUT2D eigenvalue weighted by Crippen LogP contribution is -2.39. The van der Waals surface area contributed by atoms with E-state index in [-0.39, 0.29) is 0 Å². The van der Waals surface area contributed by atoms with Gasteiger partial charge in [0.25, 0.3) is 0 Å². The zero-order valence-corrected chi connectivity index (χ0v) is 11.3. The van der Waals surface area contributed by atoms with Crippen LogP contribution in [-0.4, -0.2) is 17.5 Å². The second-order valence-corrected chi connectivity index (χ2v) is 5.38. The fourth-order valence-electron chi connectivity index (χ4n) is 2.79. The third-order valence-corrected chi connectivity index (χ3v) is 3.80. The maximum Gasteiger partial charge on any atom is 0.0607 e.